The lowest BCUT2D eigenvalue weighted by atomic mass is 10.2. The number of halogens is 2. The van der Waals surface area contributed by atoms with Gasteiger partial charge in [0.2, 0.25) is 11.7 Å². The standard InChI is InChI=1S/C18H17Cl2N5O/c1-21-18(22-10-13-5-2-3-8-15(13)20)23-11-16-24-17(25-26-16)12-6-4-7-14(19)9-12/h2-9H,10-11H2,1H3,(H2,21,22,23). The highest BCUT2D eigenvalue weighted by Gasteiger charge is 2.10. The first-order chi connectivity index (χ1) is 12.7. The minimum atomic E-state index is 0.343. The molecule has 1 heterocycles. The van der Waals surface area contributed by atoms with E-state index in [0.717, 1.165) is 11.1 Å². The van der Waals surface area contributed by atoms with Crippen molar-refractivity contribution in [2.75, 3.05) is 7.05 Å². The zero-order valence-electron chi connectivity index (χ0n) is 14.0. The fourth-order valence-corrected chi connectivity index (χ4v) is 2.66. The number of aromatic nitrogens is 2. The Balaban J connectivity index is 1.57. The normalized spacial score (nSPS) is 11.4. The first-order valence-corrected chi connectivity index (χ1v) is 8.68. The van der Waals surface area contributed by atoms with Crippen LogP contribution in [0, 0.1) is 0 Å². The Morgan fingerprint density at radius 3 is 2.65 bits per heavy atom. The lowest BCUT2D eigenvalue weighted by Crippen LogP contribution is -2.36. The summed E-state index contributed by atoms with van der Waals surface area (Å²) in [6.45, 7) is 0.896. The molecule has 8 heteroatoms. The van der Waals surface area contributed by atoms with Crippen LogP contribution in [0.2, 0.25) is 10.0 Å². The van der Waals surface area contributed by atoms with Crippen LogP contribution in [-0.4, -0.2) is 23.1 Å². The van der Waals surface area contributed by atoms with Gasteiger partial charge in [-0.15, -0.1) is 0 Å². The van der Waals surface area contributed by atoms with Gasteiger partial charge in [0.1, 0.15) is 0 Å². The Labute approximate surface area is 161 Å². The van der Waals surface area contributed by atoms with Crippen LogP contribution in [0.25, 0.3) is 11.4 Å². The molecule has 0 aliphatic carbocycles. The Bertz CT molecular complexity index is 910. The highest BCUT2D eigenvalue weighted by Crippen LogP contribution is 2.19. The third-order valence-electron chi connectivity index (χ3n) is 3.59. The summed E-state index contributed by atoms with van der Waals surface area (Å²) in [5, 5.41) is 11.6. The molecule has 6 nitrogen and oxygen atoms in total. The van der Waals surface area contributed by atoms with Crippen molar-refractivity contribution >= 4 is 29.2 Å². The molecule has 0 aliphatic heterocycles. The van der Waals surface area contributed by atoms with Crippen LogP contribution < -0.4 is 10.6 Å². The van der Waals surface area contributed by atoms with E-state index in [0.29, 0.717) is 40.8 Å². The van der Waals surface area contributed by atoms with E-state index >= 15 is 0 Å². The molecule has 0 unspecified atom stereocenters. The lowest BCUT2D eigenvalue weighted by Gasteiger charge is -2.11. The zero-order chi connectivity index (χ0) is 18.4. The third-order valence-corrected chi connectivity index (χ3v) is 4.19. The Morgan fingerprint density at radius 2 is 1.88 bits per heavy atom. The molecule has 0 aliphatic rings. The summed E-state index contributed by atoms with van der Waals surface area (Å²) in [6, 6.07) is 14.9. The van der Waals surface area contributed by atoms with E-state index in [4.69, 9.17) is 27.7 Å². The highest BCUT2D eigenvalue weighted by molar-refractivity contribution is 6.31. The number of nitrogens with zero attached hydrogens (tertiary/aromatic N) is 3. The summed E-state index contributed by atoms with van der Waals surface area (Å²) in [5.41, 5.74) is 1.78. The molecule has 0 saturated carbocycles. The third kappa shape index (κ3) is 4.74. The van der Waals surface area contributed by atoms with Crippen LogP contribution >= 0.6 is 23.2 Å². The van der Waals surface area contributed by atoms with E-state index in [1.165, 1.54) is 0 Å². The number of guanidine groups is 1. The summed E-state index contributed by atoms with van der Waals surface area (Å²) in [6.07, 6.45) is 0. The van der Waals surface area contributed by atoms with Crippen molar-refractivity contribution in [3.8, 4) is 11.4 Å². The average Bonchev–Trinajstić information content (AvgIpc) is 3.12. The van der Waals surface area contributed by atoms with Gasteiger partial charge in [-0.2, -0.15) is 4.98 Å². The smallest absolute Gasteiger partial charge is 0.246 e. The highest BCUT2D eigenvalue weighted by atomic mass is 35.5. The van der Waals surface area contributed by atoms with Gasteiger partial charge in [0, 0.05) is 29.2 Å². The van der Waals surface area contributed by atoms with Crippen LogP contribution in [0.3, 0.4) is 0 Å². The molecule has 0 bridgehead atoms. The van der Waals surface area contributed by atoms with Gasteiger partial charge in [0.25, 0.3) is 0 Å². The summed E-state index contributed by atoms with van der Waals surface area (Å²) in [5.74, 6) is 1.54. The molecular weight excluding hydrogens is 373 g/mol. The van der Waals surface area contributed by atoms with Crippen molar-refractivity contribution in [1.29, 1.82) is 0 Å². The molecule has 3 rings (SSSR count). The van der Waals surface area contributed by atoms with Gasteiger partial charge in [-0.1, -0.05) is 58.7 Å². The van der Waals surface area contributed by atoms with E-state index < -0.39 is 0 Å². The van der Waals surface area contributed by atoms with E-state index in [9.17, 15) is 0 Å². The van der Waals surface area contributed by atoms with E-state index in [-0.39, 0.29) is 0 Å². The van der Waals surface area contributed by atoms with E-state index in [1.807, 2.05) is 36.4 Å². The largest absolute Gasteiger partial charge is 0.352 e. The topological polar surface area (TPSA) is 75.3 Å². The molecule has 0 amide bonds. The van der Waals surface area contributed by atoms with Crippen molar-refractivity contribution in [3.63, 3.8) is 0 Å². The van der Waals surface area contributed by atoms with Gasteiger partial charge in [-0.05, 0) is 23.8 Å². The molecule has 0 saturated heterocycles. The fourth-order valence-electron chi connectivity index (χ4n) is 2.27. The van der Waals surface area contributed by atoms with Gasteiger partial charge in [-0.3, -0.25) is 4.99 Å². The van der Waals surface area contributed by atoms with Gasteiger partial charge in [0.15, 0.2) is 5.96 Å². The summed E-state index contributed by atoms with van der Waals surface area (Å²) in [4.78, 5) is 8.53. The van der Waals surface area contributed by atoms with Crippen molar-refractivity contribution in [2.45, 2.75) is 13.1 Å². The second-order valence-corrected chi connectivity index (χ2v) is 6.24. The number of aliphatic imine (C=N–C) groups is 1. The first-order valence-electron chi connectivity index (χ1n) is 7.92. The molecule has 0 fully saturated rings. The number of hydrogen-bond donors (Lipinski definition) is 2. The van der Waals surface area contributed by atoms with Crippen LogP contribution in [0.1, 0.15) is 11.5 Å². The lowest BCUT2D eigenvalue weighted by molar-refractivity contribution is 0.375. The van der Waals surface area contributed by atoms with Crippen LogP contribution in [0.5, 0.6) is 0 Å². The fraction of sp³-hybridized carbons (Fsp3) is 0.167. The summed E-state index contributed by atoms with van der Waals surface area (Å²) < 4.78 is 5.27. The van der Waals surface area contributed by atoms with Crippen LogP contribution in [0.15, 0.2) is 58.0 Å². The molecular formula is C18H17Cl2N5O. The molecule has 0 radical (unpaired) electrons. The van der Waals surface area contributed by atoms with E-state index in [2.05, 4.69) is 25.8 Å². The molecule has 2 aromatic carbocycles. The zero-order valence-corrected chi connectivity index (χ0v) is 15.6. The van der Waals surface area contributed by atoms with Crippen molar-refractivity contribution < 1.29 is 4.52 Å². The molecule has 26 heavy (non-hydrogen) atoms. The van der Waals surface area contributed by atoms with Gasteiger partial charge >= 0.3 is 0 Å². The molecule has 0 atom stereocenters. The molecule has 2 N–H and O–H groups in total. The predicted molar refractivity (Wildman–Crippen MR) is 103 cm³/mol. The maximum Gasteiger partial charge on any atom is 0.246 e. The Hall–Kier alpha value is -2.57. The SMILES string of the molecule is CN=C(NCc1nc(-c2cccc(Cl)c2)no1)NCc1ccccc1Cl. The average molecular weight is 390 g/mol. The van der Waals surface area contributed by atoms with Gasteiger partial charge in [0.05, 0.1) is 6.54 Å². The monoisotopic (exact) mass is 389 g/mol. The van der Waals surface area contributed by atoms with Crippen molar-refractivity contribution in [1.82, 2.24) is 20.8 Å². The number of hydrogen-bond acceptors (Lipinski definition) is 4. The summed E-state index contributed by atoms with van der Waals surface area (Å²) in [7, 11) is 1.69. The Kier molecular flexibility index (Phi) is 6.09. The summed E-state index contributed by atoms with van der Waals surface area (Å²) >= 11 is 12.1. The van der Waals surface area contributed by atoms with Crippen LogP contribution in [-0.2, 0) is 13.1 Å². The van der Waals surface area contributed by atoms with Gasteiger partial charge < -0.3 is 15.2 Å². The van der Waals surface area contributed by atoms with Gasteiger partial charge in [-0.25, -0.2) is 0 Å². The number of rotatable bonds is 5. The molecule has 3 aromatic rings. The van der Waals surface area contributed by atoms with Crippen molar-refractivity contribution in [2.24, 2.45) is 4.99 Å². The van der Waals surface area contributed by atoms with E-state index in [1.54, 1.807) is 19.2 Å². The van der Waals surface area contributed by atoms with Crippen LogP contribution in [0.4, 0.5) is 0 Å². The second-order valence-electron chi connectivity index (χ2n) is 5.39. The first kappa shape index (κ1) is 18.2. The number of nitrogens with one attached hydrogen (secondary N) is 2. The molecule has 1 aromatic heterocycles. The maximum absolute atomic E-state index is 6.15. The Morgan fingerprint density at radius 1 is 1.08 bits per heavy atom. The molecule has 134 valence electrons. The minimum Gasteiger partial charge on any atom is -0.352 e. The second kappa shape index (κ2) is 8.69. The maximum atomic E-state index is 6.15. The predicted octanol–water partition coefficient (Wildman–Crippen LogP) is 3.91. The number of benzene rings is 2. The molecule has 0 spiro atoms. The quantitative estimate of drug-likeness (QED) is 0.510. The van der Waals surface area contributed by atoms with Crippen molar-refractivity contribution in [3.05, 3.63) is 70.0 Å². The minimum absolute atomic E-state index is 0.343.